The van der Waals surface area contributed by atoms with Gasteiger partial charge in [0.25, 0.3) is 0 Å². The monoisotopic (exact) mass is 262 g/mol. The third-order valence-corrected chi connectivity index (χ3v) is 3.09. The molecule has 17 heavy (non-hydrogen) atoms. The highest BCUT2D eigenvalue weighted by atomic mass is 32.1. The van der Waals surface area contributed by atoms with Gasteiger partial charge in [0.05, 0.1) is 17.6 Å². The van der Waals surface area contributed by atoms with E-state index in [4.69, 9.17) is 5.73 Å². The van der Waals surface area contributed by atoms with Gasteiger partial charge in [-0.05, 0) is 13.0 Å². The lowest BCUT2D eigenvalue weighted by Crippen LogP contribution is -2.30. The molecule has 8 heteroatoms. The van der Waals surface area contributed by atoms with E-state index in [1.54, 1.807) is 6.92 Å². The summed E-state index contributed by atoms with van der Waals surface area (Å²) in [4.78, 5) is 21.2. The average molecular weight is 262 g/mol. The number of rotatable bonds is 5. The average Bonchev–Trinajstić information content (AvgIpc) is 2.76. The van der Waals surface area contributed by atoms with Crippen molar-refractivity contribution in [3.63, 3.8) is 0 Å². The Hall–Kier alpha value is -1.54. The van der Waals surface area contributed by atoms with Crippen LogP contribution < -0.4 is 5.73 Å². The van der Waals surface area contributed by atoms with E-state index in [0.29, 0.717) is 0 Å². The molecule has 0 aliphatic carbocycles. The van der Waals surface area contributed by atoms with Crippen LogP contribution in [0.5, 0.6) is 0 Å². The standard InChI is InChI=1S/C9H11FN2O4S/c1-2-16-9(13)7(10)8(11)5-3-4-6(17-5)12(14)15/h3-4,7-8H,2,11H2,1H3/t7?,8-/m1/s1. The highest BCUT2D eigenvalue weighted by molar-refractivity contribution is 7.15. The molecular formula is C9H11FN2O4S. The third kappa shape index (κ3) is 3.21. The number of carbonyl (C=O) groups excluding carboxylic acids is 1. The van der Waals surface area contributed by atoms with Gasteiger partial charge in [-0.25, -0.2) is 9.18 Å². The molecule has 0 aliphatic heterocycles. The fourth-order valence-corrected chi connectivity index (χ4v) is 1.98. The molecule has 0 amide bonds. The van der Waals surface area contributed by atoms with E-state index < -0.39 is 23.1 Å². The lowest BCUT2D eigenvalue weighted by atomic mass is 10.1. The molecule has 1 heterocycles. The Balaban J connectivity index is 2.77. The second-order valence-corrected chi connectivity index (χ2v) is 4.21. The van der Waals surface area contributed by atoms with Crippen molar-refractivity contribution in [2.75, 3.05) is 6.61 Å². The third-order valence-electron chi connectivity index (χ3n) is 1.95. The van der Waals surface area contributed by atoms with Gasteiger partial charge in [0, 0.05) is 10.9 Å². The van der Waals surface area contributed by atoms with Crippen molar-refractivity contribution >= 4 is 22.3 Å². The first-order valence-corrected chi connectivity index (χ1v) is 5.59. The number of nitro groups is 1. The molecule has 2 N–H and O–H groups in total. The number of hydrogen-bond acceptors (Lipinski definition) is 6. The fourth-order valence-electron chi connectivity index (χ4n) is 1.13. The molecule has 1 aromatic rings. The van der Waals surface area contributed by atoms with Crippen LogP contribution in [0.25, 0.3) is 0 Å². The zero-order valence-electron chi connectivity index (χ0n) is 8.96. The molecule has 6 nitrogen and oxygen atoms in total. The van der Waals surface area contributed by atoms with Crippen LogP contribution >= 0.6 is 11.3 Å². The van der Waals surface area contributed by atoms with Gasteiger partial charge in [-0.3, -0.25) is 10.1 Å². The van der Waals surface area contributed by atoms with Gasteiger partial charge >= 0.3 is 11.0 Å². The van der Waals surface area contributed by atoms with Crippen LogP contribution in [-0.4, -0.2) is 23.7 Å². The van der Waals surface area contributed by atoms with E-state index in [9.17, 15) is 19.3 Å². The lowest BCUT2D eigenvalue weighted by Gasteiger charge is -2.13. The van der Waals surface area contributed by atoms with E-state index in [2.05, 4.69) is 4.74 Å². The zero-order chi connectivity index (χ0) is 13.0. The normalized spacial score (nSPS) is 14.1. The summed E-state index contributed by atoms with van der Waals surface area (Å²) in [6, 6.07) is 1.31. The van der Waals surface area contributed by atoms with Crippen LogP contribution in [0, 0.1) is 10.1 Å². The Morgan fingerprint density at radius 3 is 2.82 bits per heavy atom. The molecule has 0 fully saturated rings. The minimum absolute atomic E-state index is 0.0521. The highest BCUT2D eigenvalue weighted by Gasteiger charge is 2.29. The number of halogens is 1. The minimum atomic E-state index is -2.02. The number of esters is 1. The number of nitrogens with two attached hydrogens (primary N) is 1. The molecule has 1 rings (SSSR count). The Kier molecular flexibility index (Phi) is 4.53. The van der Waals surface area contributed by atoms with Crippen molar-refractivity contribution in [3.05, 3.63) is 27.1 Å². The van der Waals surface area contributed by atoms with E-state index in [0.717, 1.165) is 11.3 Å². The molecule has 0 radical (unpaired) electrons. The van der Waals surface area contributed by atoms with Crippen LogP contribution in [0.3, 0.4) is 0 Å². The van der Waals surface area contributed by atoms with Crippen molar-refractivity contribution in [2.24, 2.45) is 5.73 Å². The summed E-state index contributed by atoms with van der Waals surface area (Å²) in [6.07, 6.45) is -2.02. The summed E-state index contributed by atoms with van der Waals surface area (Å²) in [5.41, 5.74) is 5.50. The number of thiophene rings is 1. The Morgan fingerprint density at radius 2 is 2.35 bits per heavy atom. The molecule has 94 valence electrons. The number of carbonyl (C=O) groups is 1. The fraction of sp³-hybridized carbons (Fsp3) is 0.444. The van der Waals surface area contributed by atoms with Crippen molar-refractivity contribution in [1.29, 1.82) is 0 Å². The smallest absolute Gasteiger partial charge is 0.342 e. The van der Waals surface area contributed by atoms with Crippen molar-refractivity contribution in [3.8, 4) is 0 Å². The summed E-state index contributed by atoms with van der Waals surface area (Å²) >= 11 is 0.741. The van der Waals surface area contributed by atoms with E-state index in [1.807, 2.05) is 0 Å². The largest absolute Gasteiger partial charge is 0.464 e. The molecule has 0 aliphatic rings. The number of hydrogen-bond donors (Lipinski definition) is 1. The van der Waals surface area contributed by atoms with Gasteiger partial charge in [0.1, 0.15) is 0 Å². The summed E-state index contributed by atoms with van der Waals surface area (Å²) in [5, 5.41) is 10.3. The first kappa shape index (κ1) is 13.5. The van der Waals surface area contributed by atoms with Gasteiger partial charge in [0.2, 0.25) is 6.17 Å². The second-order valence-electron chi connectivity index (χ2n) is 3.11. The minimum Gasteiger partial charge on any atom is -0.464 e. The Bertz CT molecular complexity index is 423. The van der Waals surface area contributed by atoms with Crippen LogP contribution in [-0.2, 0) is 9.53 Å². The molecule has 0 saturated heterocycles. The first-order chi connectivity index (χ1) is 7.97. The quantitative estimate of drug-likeness (QED) is 0.493. The van der Waals surface area contributed by atoms with E-state index >= 15 is 0 Å². The number of nitrogens with zero attached hydrogens (tertiary/aromatic N) is 1. The molecule has 0 bridgehead atoms. The van der Waals surface area contributed by atoms with E-state index in [-0.39, 0.29) is 16.5 Å². The summed E-state index contributed by atoms with van der Waals surface area (Å²) in [6.45, 7) is 1.60. The van der Waals surface area contributed by atoms with Crippen molar-refractivity contribution in [1.82, 2.24) is 0 Å². The SMILES string of the molecule is CCOC(=O)C(F)[C@H](N)c1ccc([N+](=O)[O-])s1. The van der Waals surface area contributed by atoms with E-state index in [1.165, 1.54) is 12.1 Å². The highest BCUT2D eigenvalue weighted by Crippen LogP contribution is 2.30. The molecule has 1 aromatic heterocycles. The molecule has 2 atom stereocenters. The van der Waals surface area contributed by atoms with Gasteiger partial charge in [-0.2, -0.15) is 0 Å². The predicted molar refractivity (Wildman–Crippen MR) is 59.4 cm³/mol. The maximum atomic E-state index is 13.5. The molecule has 1 unspecified atom stereocenters. The number of alkyl halides is 1. The summed E-state index contributed by atoms with van der Waals surface area (Å²) in [5.74, 6) is -1.06. The van der Waals surface area contributed by atoms with Crippen molar-refractivity contribution in [2.45, 2.75) is 19.1 Å². The Labute approximate surface area is 100 Å². The molecule has 0 spiro atoms. The van der Waals surface area contributed by atoms with Gasteiger partial charge in [0.15, 0.2) is 0 Å². The maximum absolute atomic E-state index is 13.5. The molecule has 0 saturated carbocycles. The van der Waals surface area contributed by atoms with Crippen LogP contribution in [0.2, 0.25) is 0 Å². The molecule has 0 aromatic carbocycles. The van der Waals surface area contributed by atoms with Crippen LogP contribution in [0.4, 0.5) is 9.39 Å². The van der Waals surface area contributed by atoms with Crippen LogP contribution in [0.1, 0.15) is 17.8 Å². The maximum Gasteiger partial charge on any atom is 0.342 e. The zero-order valence-corrected chi connectivity index (χ0v) is 9.78. The van der Waals surface area contributed by atoms with Crippen molar-refractivity contribution < 1.29 is 18.8 Å². The lowest BCUT2D eigenvalue weighted by molar-refractivity contribution is -0.380. The Morgan fingerprint density at radius 1 is 1.71 bits per heavy atom. The first-order valence-electron chi connectivity index (χ1n) is 4.77. The van der Waals surface area contributed by atoms with Gasteiger partial charge in [-0.15, -0.1) is 0 Å². The number of ether oxygens (including phenoxy) is 1. The topological polar surface area (TPSA) is 95.5 Å². The predicted octanol–water partition coefficient (Wildman–Crippen LogP) is 1.56. The molecular weight excluding hydrogens is 251 g/mol. The summed E-state index contributed by atoms with van der Waals surface area (Å²) < 4.78 is 18.0. The van der Waals surface area contributed by atoms with Gasteiger partial charge < -0.3 is 10.5 Å². The second kappa shape index (κ2) is 5.69. The van der Waals surface area contributed by atoms with Crippen LogP contribution in [0.15, 0.2) is 12.1 Å². The summed E-state index contributed by atoms with van der Waals surface area (Å²) in [7, 11) is 0. The van der Waals surface area contributed by atoms with Gasteiger partial charge in [-0.1, -0.05) is 11.3 Å².